The lowest BCUT2D eigenvalue weighted by Crippen LogP contribution is -2.41. The van der Waals surface area contributed by atoms with Crippen molar-refractivity contribution < 1.29 is 19.8 Å². The quantitative estimate of drug-likeness (QED) is 0.870. The van der Waals surface area contributed by atoms with Gasteiger partial charge in [-0.1, -0.05) is 18.5 Å². The van der Waals surface area contributed by atoms with Crippen molar-refractivity contribution >= 4 is 23.5 Å². The van der Waals surface area contributed by atoms with Gasteiger partial charge in [-0.2, -0.15) is 0 Å². The van der Waals surface area contributed by atoms with E-state index in [1.807, 2.05) is 6.92 Å². The Balaban J connectivity index is 3.04. The molecule has 104 valence electrons. The predicted molar refractivity (Wildman–Crippen MR) is 71.5 cm³/mol. The van der Waals surface area contributed by atoms with Crippen LogP contribution < -0.4 is 0 Å². The van der Waals surface area contributed by atoms with E-state index in [-0.39, 0.29) is 28.9 Å². The molecule has 1 unspecified atom stereocenters. The number of rotatable bonds is 5. The molecule has 19 heavy (non-hydrogen) atoms. The fourth-order valence-electron chi connectivity index (χ4n) is 1.60. The molecule has 2 N–H and O–H groups in total. The molecule has 1 aromatic rings. The zero-order valence-electron chi connectivity index (χ0n) is 10.8. The van der Waals surface area contributed by atoms with Gasteiger partial charge in [0.2, 0.25) is 0 Å². The smallest absolute Gasteiger partial charge is 0.323 e. The van der Waals surface area contributed by atoms with Crippen LogP contribution in [0.15, 0.2) is 18.2 Å². The minimum Gasteiger partial charge on any atom is -0.506 e. The number of phenolic OH excluding ortho intramolecular Hbond substituents is 1. The van der Waals surface area contributed by atoms with Gasteiger partial charge in [-0.15, -0.1) is 0 Å². The van der Waals surface area contributed by atoms with Crippen LogP contribution in [0, 0.1) is 0 Å². The summed E-state index contributed by atoms with van der Waals surface area (Å²) in [5, 5.41) is 18.2. The third kappa shape index (κ3) is 3.86. The molecule has 0 radical (unpaired) electrons. The van der Waals surface area contributed by atoms with Gasteiger partial charge >= 0.3 is 5.97 Å². The Hall–Kier alpha value is -1.75. The summed E-state index contributed by atoms with van der Waals surface area (Å²) in [4.78, 5) is 24.4. The minimum absolute atomic E-state index is 0.0604. The minimum atomic E-state index is -1.07. The van der Waals surface area contributed by atoms with Crippen molar-refractivity contribution in [2.45, 2.75) is 26.3 Å². The lowest BCUT2D eigenvalue weighted by molar-refractivity contribution is -0.138. The molecule has 0 saturated carbocycles. The van der Waals surface area contributed by atoms with E-state index in [0.29, 0.717) is 6.42 Å². The van der Waals surface area contributed by atoms with Crippen LogP contribution in [0.25, 0.3) is 0 Å². The highest BCUT2D eigenvalue weighted by atomic mass is 35.5. The first kappa shape index (κ1) is 15.3. The Morgan fingerprint density at radius 1 is 1.42 bits per heavy atom. The number of aliphatic carboxylic acids is 1. The Kier molecular flexibility index (Phi) is 5.18. The van der Waals surface area contributed by atoms with Gasteiger partial charge < -0.3 is 15.1 Å². The van der Waals surface area contributed by atoms with Crippen molar-refractivity contribution in [1.82, 2.24) is 4.90 Å². The average molecular weight is 286 g/mol. The highest BCUT2D eigenvalue weighted by Gasteiger charge is 2.23. The largest absolute Gasteiger partial charge is 0.506 e. The summed E-state index contributed by atoms with van der Waals surface area (Å²) in [7, 11) is 0. The molecule has 0 bridgehead atoms. The van der Waals surface area contributed by atoms with Gasteiger partial charge in [0.1, 0.15) is 12.3 Å². The predicted octanol–water partition coefficient (Wildman–Crippen LogP) is 2.37. The summed E-state index contributed by atoms with van der Waals surface area (Å²) in [6, 6.07) is 3.86. The molecule has 5 nitrogen and oxygen atoms in total. The SMILES string of the molecule is CCC(C)N(CC(=O)O)C(=O)c1ccc(O)c(Cl)c1. The van der Waals surface area contributed by atoms with E-state index in [9.17, 15) is 14.7 Å². The van der Waals surface area contributed by atoms with Crippen LogP contribution in [0.1, 0.15) is 30.6 Å². The van der Waals surface area contributed by atoms with E-state index >= 15 is 0 Å². The summed E-state index contributed by atoms with van der Waals surface area (Å²) in [6.07, 6.45) is 0.644. The standard InChI is InChI=1S/C13H16ClNO4/c1-3-8(2)15(7-12(17)18)13(19)9-4-5-11(16)10(14)6-9/h4-6,8,16H,3,7H2,1-2H3,(H,17,18). The van der Waals surface area contributed by atoms with Crippen molar-refractivity contribution in [2.24, 2.45) is 0 Å². The monoisotopic (exact) mass is 285 g/mol. The first-order valence-corrected chi connectivity index (χ1v) is 6.25. The van der Waals surface area contributed by atoms with E-state index in [0.717, 1.165) is 0 Å². The van der Waals surface area contributed by atoms with Crippen molar-refractivity contribution in [1.29, 1.82) is 0 Å². The van der Waals surface area contributed by atoms with Crippen molar-refractivity contribution in [2.75, 3.05) is 6.54 Å². The molecular formula is C13H16ClNO4. The zero-order chi connectivity index (χ0) is 14.6. The first-order valence-electron chi connectivity index (χ1n) is 5.88. The second-order valence-electron chi connectivity index (χ2n) is 4.25. The Labute approximate surface area is 116 Å². The molecule has 0 spiro atoms. The number of aromatic hydroxyl groups is 1. The zero-order valence-corrected chi connectivity index (χ0v) is 11.5. The maximum Gasteiger partial charge on any atom is 0.323 e. The van der Waals surface area contributed by atoms with E-state index in [1.165, 1.54) is 23.1 Å². The highest BCUT2D eigenvalue weighted by Crippen LogP contribution is 2.24. The summed E-state index contributed by atoms with van der Waals surface area (Å²) >= 11 is 5.74. The topological polar surface area (TPSA) is 77.8 Å². The molecule has 1 rings (SSSR count). The van der Waals surface area contributed by atoms with E-state index in [2.05, 4.69) is 0 Å². The number of amides is 1. The van der Waals surface area contributed by atoms with Crippen molar-refractivity contribution in [3.63, 3.8) is 0 Å². The molecule has 6 heteroatoms. The summed E-state index contributed by atoms with van der Waals surface area (Å²) in [5.41, 5.74) is 0.254. The molecule has 1 atom stereocenters. The van der Waals surface area contributed by atoms with Crippen LogP contribution in [0.3, 0.4) is 0 Å². The number of phenols is 1. The molecule has 0 aliphatic rings. The van der Waals surface area contributed by atoms with Gasteiger partial charge in [0, 0.05) is 11.6 Å². The highest BCUT2D eigenvalue weighted by molar-refractivity contribution is 6.32. The number of carbonyl (C=O) groups is 2. The molecule has 1 aromatic carbocycles. The van der Waals surface area contributed by atoms with E-state index in [4.69, 9.17) is 16.7 Å². The van der Waals surface area contributed by atoms with Gasteiger partial charge in [-0.05, 0) is 31.5 Å². The van der Waals surface area contributed by atoms with Crippen LogP contribution in [-0.4, -0.2) is 39.6 Å². The van der Waals surface area contributed by atoms with Crippen LogP contribution >= 0.6 is 11.6 Å². The fourth-order valence-corrected chi connectivity index (χ4v) is 1.78. The third-order valence-electron chi connectivity index (χ3n) is 2.88. The molecule has 0 aromatic heterocycles. The number of hydrogen-bond acceptors (Lipinski definition) is 3. The normalized spacial score (nSPS) is 11.9. The van der Waals surface area contributed by atoms with Gasteiger partial charge in [0.05, 0.1) is 5.02 Å². The number of benzene rings is 1. The molecule has 0 saturated heterocycles. The molecular weight excluding hydrogens is 270 g/mol. The number of halogens is 1. The number of carboxylic acid groups (broad SMARTS) is 1. The van der Waals surface area contributed by atoms with Crippen LogP contribution in [-0.2, 0) is 4.79 Å². The van der Waals surface area contributed by atoms with Crippen molar-refractivity contribution in [3.05, 3.63) is 28.8 Å². The van der Waals surface area contributed by atoms with Gasteiger partial charge in [-0.25, -0.2) is 0 Å². The lowest BCUT2D eigenvalue weighted by atomic mass is 10.1. The van der Waals surface area contributed by atoms with Gasteiger partial charge in [0.25, 0.3) is 5.91 Å². The molecule has 0 fully saturated rings. The summed E-state index contributed by atoms with van der Waals surface area (Å²) in [6.45, 7) is 3.28. The maximum absolute atomic E-state index is 12.3. The first-order chi connectivity index (χ1) is 8.86. The fraction of sp³-hybridized carbons (Fsp3) is 0.385. The maximum atomic E-state index is 12.3. The summed E-state index contributed by atoms with van der Waals surface area (Å²) < 4.78 is 0. The average Bonchev–Trinajstić information content (AvgIpc) is 2.37. The van der Waals surface area contributed by atoms with Crippen LogP contribution in [0.5, 0.6) is 5.75 Å². The number of hydrogen-bond donors (Lipinski definition) is 2. The second kappa shape index (κ2) is 6.43. The second-order valence-corrected chi connectivity index (χ2v) is 4.66. The van der Waals surface area contributed by atoms with Crippen molar-refractivity contribution in [3.8, 4) is 5.75 Å². The Bertz CT molecular complexity index is 490. The number of nitrogens with zero attached hydrogens (tertiary/aromatic N) is 1. The van der Waals surface area contributed by atoms with E-state index < -0.39 is 11.9 Å². The molecule has 0 aliphatic heterocycles. The molecule has 0 aliphatic carbocycles. The molecule has 1 amide bonds. The number of carboxylic acids is 1. The Morgan fingerprint density at radius 3 is 2.53 bits per heavy atom. The van der Waals surface area contributed by atoms with Crippen LogP contribution in [0.4, 0.5) is 0 Å². The van der Waals surface area contributed by atoms with E-state index in [1.54, 1.807) is 6.92 Å². The van der Waals surface area contributed by atoms with Gasteiger partial charge in [-0.3, -0.25) is 9.59 Å². The van der Waals surface area contributed by atoms with Gasteiger partial charge in [0.15, 0.2) is 0 Å². The molecule has 0 heterocycles. The third-order valence-corrected chi connectivity index (χ3v) is 3.19. The number of carbonyl (C=O) groups excluding carboxylic acids is 1. The summed E-state index contributed by atoms with van der Waals surface area (Å²) in [5.74, 6) is -1.61. The van der Waals surface area contributed by atoms with Crippen LogP contribution in [0.2, 0.25) is 5.02 Å². The Morgan fingerprint density at radius 2 is 2.05 bits per heavy atom. The lowest BCUT2D eigenvalue weighted by Gasteiger charge is -2.27.